The van der Waals surface area contributed by atoms with Crippen LogP contribution in [0.25, 0.3) is 0 Å². The molecule has 1 aromatic heterocycles. The van der Waals surface area contributed by atoms with Crippen molar-refractivity contribution in [3.05, 3.63) is 12.2 Å². The number of halogens is 3. The highest BCUT2D eigenvalue weighted by molar-refractivity contribution is 7.90. The van der Waals surface area contributed by atoms with Gasteiger partial charge in [-0.1, -0.05) is 5.16 Å². The Morgan fingerprint density at radius 1 is 1.50 bits per heavy atom. The van der Waals surface area contributed by atoms with E-state index >= 15 is 0 Å². The van der Waals surface area contributed by atoms with Crippen LogP contribution in [0.5, 0.6) is 0 Å². The first kappa shape index (κ1) is 16.6. The molecule has 0 saturated carbocycles. The van der Waals surface area contributed by atoms with Crippen LogP contribution < -0.4 is 5.73 Å². The van der Waals surface area contributed by atoms with Crippen molar-refractivity contribution in [3.63, 3.8) is 0 Å². The van der Waals surface area contributed by atoms with Crippen molar-refractivity contribution in [2.45, 2.75) is 31.5 Å². The van der Waals surface area contributed by atoms with E-state index < -0.39 is 40.8 Å². The Bertz CT molecular complexity index is 527. The van der Waals surface area contributed by atoms with Crippen molar-refractivity contribution in [3.8, 4) is 0 Å². The number of rotatable bonds is 7. The van der Waals surface area contributed by atoms with Gasteiger partial charge in [0.1, 0.15) is 0 Å². The molecule has 0 aliphatic rings. The van der Waals surface area contributed by atoms with Gasteiger partial charge >= 0.3 is 6.18 Å². The zero-order valence-electron chi connectivity index (χ0n) is 10.2. The molecule has 7 nitrogen and oxygen atoms in total. The summed E-state index contributed by atoms with van der Waals surface area (Å²) in [5.74, 6) is -0.551. The molecular formula is C9H13F3N4O3S. The van der Waals surface area contributed by atoms with E-state index in [9.17, 15) is 21.6 Å². The van der Waals surface area contributed by atoms with E-state index in [-0.39, 0.29) is 12.3 Å². The van der Waals surface area contributed by atoms with Gasteiger partial charge in [-0.2, -0.15) is 22.6 Å². The highest BCUT2D eigenvalue weighted by Gasteiger charge is 2.27. The molecular weight excluding hydrogens is 301 g/mol. The number of hydrogen-bond donors (Lipinski definition) is 1. The van der Waals surface area contributed by atoms with E-state index in [0.29, 0.717) is 0 Å². The maximum Gasteiger partial charge on any atom is 0.389 e. The van der Waals surface area contributed by atoms with Gasteiger partial charge in [0.2, 0.25) is 5.89 Å². The second kappa shape index (κ2) is 6.79. The van der Waals surface area contributed by atoms with Crippen molar-refractivity contribution < 1.29 is 26.1 Å². The minimum atomic E-state index is -4.38. The fourth-order valence-corrected chi connectivity index (χ4v) is 2.15. The summed E-state index contributed by atoms with van der Waals surface area (Å²) in [6.45, 7) is 0. The van der Waals surface area contributed by atoms with Crippen molar-refractivity contribution in [2.75, 3.05) is 5.75 Å². The molecule has 0 fully saturated rings. The van der Waals surface area contributed by atoms with Crippen molar-refractivity contribution in [2.24, 2.45) is 10.1 Å². The van der Waals surface area contributed by atoms with Gasteiger partial charge in [-0.25, -0.2) is 8.42 Å². The van der Waals surface area contributed by atoms with E-state index in [1.807, 2.05) is 0 Å². The van der Waals surface area contributed by atoms with Crippen LogP contribution in [-0.2, 0) is 10.0 Å². The largest absolute Gasteiger partial charge is 0.389 e. The lowest BCUT2D eigenvalue weighted by Crippen LogP contribution is -2.13. The molecule has 0 unspecified atom stereocenters. The molecule has 0 aliphatic heterocycles. The van der Waals surface area contributed by atoms with Gasteiger partial charge in [0.15, 0.2) is 6.33 Å². The lowest BCUT2D eigenvalue weighted by molar-refractivity contribution is -0.134. The van der Waals surface area contributed by atoms with Crippen LogP contribution in [0.15, 0.2) is 15.2 Å². The number of sulfonamides is 1. The van der Waals surface area contributed by atoms with E-state index in [2.05, 4.69) is 19.1 Å². The number of alkyl halides is 3. The maximum absolute atomic E-state index is 11.9. The molecule has 0 amide bonds. The van der Waals surface area contributed by atoms with Gasteiger partial charge in [-0.3, -0.25) is 0 Å². The van der Waals surface area contributed by atoms with Crippen LogP contribution in [0.3, 0.4) is 0 Å². The van der Waals surface area contributed by atoms with Crippen LogP contribution in [0, 0.1) is 0 Å². The van der Waals surface area contributed by atoms with Crippen LogP contribution in [-0.4, -0.2) is 36.7 Å². The van der Waals surface area contributed by atoms with E-state index in [1.54, 1.807) is 0 Å². The van der Waals surface area contributed by atoms with Gasteiger partial charge in [0.25, 0.3) is 10.0 Å². The second-order valence-corrected chi connectivity index (χ2v) is 5.70. The van der Waals surface area contributed by atoms with Crippen molar-refractivity contribution in [1.82, 2.24) is 10.1 Å². The molecule has 0 bridgehead atoms. The summed E-state index contributed by atoms with van der Waals surface area (Å²) in [6.07, 6.45) is -3.90. The fourth-order valence-electron chi connectivity index (χ4n) is 1.22. The third-order valence-electron chi connectivity index (χ3n) is 2.15. The summed E-state index contributed by atoms with van der Waals surface area (Å²) >= 11 is 0. The van der Waals surface area contributed by atoms with Gasteiger partial charge < -0.3 is 10.3 Å². The minimum Gasteiger partial charge on any atom is -0.338 e. The SMILES string of the molecule is N[C@@H](CC=NS(=O)(=O)CCCC(F)(F)F)c1ncno1. The Kier molecular flexibility index (Phi) is 5.62. The third-order valence-corrected chi connectivity index (χ3v) is 3.43. The zero-order valence-corrected chi connectivity index (χ0v) is 11.1. The molecule has 1 rings (SSSR count). The van der Waals surface area contributed by atoms with Gasteiger partial charge in [0, 0.05) is 19.1 Å². The molecule has 2 N–H and O–H groups in total. The molecule has 0 aliphatic carbocycles. The summed E-state index contributed by atoms with van der Waals surface area (Å²) in [5, 5.41) is 3.33. The summed E-state index contributed by atoms with van der Waals surface area (Å²) in [6, 6.07) is -0.716. The molecule has 0 aromatic carbocycles. The summed E-state index contributed by atoms with van der Waals surface area (Å²) in [7, 11) is -3.92. The van der Waals surface area contributed by atoms with Crippen LogP contribution >= 0.6 is 0 Å². The van der Waals surface area contributed by atoms with E-state index in [0.717, 1.165) is 12.5 Å². The van der Waals surface area contributed by atoms with Gasteiger partial charge in [-0.15, -0.1) is 0 Å². The Hall–Kier alpha value is -1.49. The summed E-state index contributed by atoms with van der Waals surface area (Å²) in [4.78, 5) is 3.67. The first-order chi connectivity index (χ1) is 9.20. The lowest BCUT2D eigenvalue weighted by atomic mass is 10.2. The molecule has 0 spiro atoms. The Balaban J connectivity index is 2.40. The van der Waals surface area contributed by atoms with Crippen molar-refractivity contribution in [1.29, 1.82) is 0 Å². The highest BCUT2D eigenvalue weighted by atomic mass is 32.2. The monoisotopic (exact) mass is 314 g/mol. The Morgan fingerprint density at radius 3 is 2.75 bits per heavy atom. The average molecular weight is 314 g/mol. The molecule has 20 heavy (non-hydrogen) atoms. The first-order valence-corrected chi connectivity index (χ1v) is 7.16. The third kappa shape index (κ3) is 6.61. The smallest absolute Gasteiger partial charge is 0.338 e. The van der Waals surface area contributed by atoms with Gasteiger partial charge in [-0.05, 0) is 6.42 Å². The van der Waals surface area contributed by atoms with Crippen LogP contribution in [0.2, 0.25) is 0 Å². The Labute approximate surface area is 113 Å². The molecule has 11 heteroatoms. The predicted molar refractivity (Wildman–Crippen MR) is 63.4 cm³/mol. The number of aromatic nitrogens is 2. The summed E-state index contributed by atoms with van der Waals surface area (Å²) in [5.41, 5.74) is 5.59. The normalized spacial score (nSPS) is 14.8. The molecule has 1 heterocycles. The molecule has 0 saturated heterocycles. The standard InChI is InChI=1S/C9H13F3N4O3S/c10-9(11,12)3-1-5-20(17,18)16-4-2-7(13)8-14-6-15-19-8/h4,6-7H,1-3,5,13H2/t7-/m0/s1. The van der Waals surface area contributed by atoms with Crippen LogP contribution in [0.4, 0.5) is 13.2 Å². The second-order valence-electron chi connectivity index (χ2n) is 3.91. The minimum absolute atomic E-state index is 0.0146. The van der Waals surface area contributed by atoms with Crippen LogP contribution in [0.1, 0.15) is 31.2 Å². The highest BCUT2D eigenvalue weighted by Crippen LogP contribution is 2.21. The zero-order chi connectivity index (χ0) is 15.2. The molecule has 0 radical (unpaired) electrons. The molecule has 1 atom stereocenters. The quantitative estimate of drug-likeness (QED) is 0.757. The maximum atomic E-state index is 11.9. The average Bonchev–Trinajstić information content (AvgIpc) is 2.79. The van der Waals surface area contributed by atoms with E-state index in [4.69, 9.17) is 5.73 Å². The Morgan fingerprint density at radius 2 is 2.20 bits per heavy atom. The van der Waals surface area contributed by atoms with Crippen molar-refractivity contribution >= 4 is 16.2 Å². The number of nitrogens with two attached hydrogens (primary N) is 1. The predicted octanol–water partition coefficient (Wildman–Crippen LogP) is 1.20. The van der Waals surface area contributed by atoms with Gasteiger partial charge in [0.05, 0.1) is 11.8 Å². The van der Waals surface area contributed by atoms with E-state index in [1.165, 1.54) is 0 Å². The molecule has 114 valence electrons. The number of hydrogen-bond acceptors (Lipinski definition) is 6. The topological polar surface area (TPSA) is 111 Å². The first-order valence-electron chi connectivity index (χ1n) is 5.55. The lowest BCUT2D eigenvalue weighted by Gasteiger charge is -2.04. The summed E-state index contributed by atoms with van der Waals surface area (Å²) < 4.78 is 66.2. The fraction of sp³-hybridized carbons (Fsp3) is 0.667. The number of nitrogens with zero attached hydrogens (tertiary/aromatic N) is 3. The molecule has 1 aromatic rings.